The smallest absolute Gasteiger partial charge is 0.319 e. The monoisotopic (exact) mass is 324 g/mol. The molecule has 0 radical (unpaired) electrons. The number of benzene rings is 2. The molecule has 0 unspecified atom stereocenters. The van der Waals surface area contributed by atoms with Crippen LogP contribution in [0.1, 0.15) is 18.2 Å². The number of hydrogen-bond acceptors (Lipinski definition) is 3. The van der Waals surface area contributed by atoms with E-state index in [0.717, 1.165) is 16.6 Å². The molecule has 0 aliphatic carbocycles. The van der Waals surface area contributed by atoms with Crippen molar-refractivity contribution in [3.05, 3.63) is 65.9 Å². The van der Waals surface area contributed by atoms with E-state index in [4.69, 9.17) is 4.42 Å². The van der Waals surface area contributed by atoms with E-state index in [1.165, 1.54) is 0 Å². The highest BCUT2D eigenvalue weighted by Crippen LogP contribution is 2.27. The van der Waals surface area contributed by atoms with Crippen molar-refractivity contribution in [2.45, 2.75) is 19.4 Å². The molecule has 24 heavy (non-hydrogen) atoms. The maximum Gasteiger partial charge on any atom is 0.319 e. The average Bonchev–Trinajstić information content (AvgIpc) is 3.00. The van der Waals surface area contributed by atoms with E-state index in [0.29, 0.717) is 11.3 Å². The Bertz CT molecular complexity index is 835. The van der Waals surface area contributed by atoms with Gasteiger partial charge in [0, 0.05) is 11.1 Å². The van der Waals surface area contributed by atoms with Crippen LogP contribution in [0.15, 0.2) is 59.0 Å². The number of anilines is 1. The topological polar surface area (TPSA) is 74.5 Å². The van der Waals surface area contributed by atoms with Gasteiger partial charge in [-0.1, -0.05) is 36.4 Å². The second-order valence-electron chi connectivity index (χ2n) is 6.04. The van der Waals surface area contributed by atoms with Crippen molar-refractivity contribution in [2.24, 2.45) is 0 Å². The summed E-state index contributed by atoms with van der Waals surface area (Å²) in [6.45, 7) is 3.56. The molecule has 1 aromatic heterocycles. The number of fused-ring (bicyclic) bond motifs is 1. The summed E-state index contributed by atoms with van der Waals surface area (Å²) in [6, 6.07) is 16.5. The normalized spacial score (nSPS) is 13.5. The summed E-state index contributed by atoms with van der Waals surface area (Å²) in [6.07, 6.45) is 0. The van der Waals surface area contributed by atoms with Crippen molar-refractivity contribution in [1.82, 2.24) is 5.32 Å². The first-order valence-electron chi connectivity index (χ1n) is 7.78. The highest BCUT2D eigenvalue weighted by molar-refractivity contribution is 5.90. The van der Waals surface area contributed by atoms with Gasteiger partial charge in [-0.15, -0.1) is 0 Å². The highest BCUT2D eigenvalue weighted by Gasteiger charge is 2.28. The van der Waals surface area contributed by atoms with Crippen molar-refractivity contribution in [3.8, 4) is 0 Å². The molecule has 0 aliphatic rings. The number of amides is 2. The molecule has 0 aliphatic heterocycles. The predicted molar refractivity (Wildman–Crippen MR) is 94.0 cm³/mol. The third-order valence-corrected chi connectivity index (χ3v) is 3.94. The van der Waals surface area contributed by atoms with Gasteiger partial charge in [-0.3, -0.25) is 0 Å². The number of para-hydroxylation sites is 2. The first-order valence-corrected chi connectivity index (χ1v) is 7.78. The Morgan fingerprint density at radius 1 is 1.17 bits per heavy atom. The van der Waals surface area contributed by atoms with Gasteiger partial charge in [0.1, 0.15) is 16.9 Å². The SMILES string of the molecule is Cc1ccccc1NC(=O)NC[C@@](C)(O)c1cc2ccccc2o1. The Hall–Kier alpha value is -2.79. The number of carbonyl (C=O) groups excluding carboxylic acids is 1. The molecular formula is C19H20N2O3. The molecule has 0 saturated heterocycles. The molecule has 2 aromatic carbocycles. The Morgan fingerprint density at radius 3 is 2.62 bits per heavy atom. The van der Waals surface area contributed by atoms with Gasteiger partial charge in [0.05, 0.1) is 6.54 Å². The zero-order chi connectivity index (χ0) is 17.2. The Balaban J connectivity index is 1.66. The van der Waals surface area contributed by atoms with Crippen molar-refractivity contribution in [3.63, 3.8) is 0 Å². The summed E-state index contributed by atoms with van der Waals surface area (Å²) < 4.78 is 5.68. The van der Waals surface area contributed by atoms with Crippen LogP contribution in [0.2, 0.25) is 0 Å². The molecule has 3 N–H and O–H groups in total. The number of nitrogens with one attached hydrogen (secondary N) is 2. The lowest BCUT2D eigenvalue weighted by Crippen LogP contribution is -2.40. The average molecular weight is 324 g/mol. The number of furan rings is 1. The first-order chi connectivity index (χ1) is 11.5. The molecule has 0 bridgehead atoms. The van der Waals surface area contributed by atoms with Crippen LogP contribution < -0.4 is 10.6 Å². The van der Waals surface area contributed by atoms with Crippen LogP contribution in [0.5, 0.6) is 0 Å². The van der Waals surface area contributed by atoms with Gasteiger partial charge < -0.3 is 20.2 Å². The van der Waals surface area contributed by atoms with Crippen molar-refractivity contribution < 1.29 is 14.3 Å². The minimum Gasteiger partial charge on any atom is -0.458 e. The lowest BCUT2D eigenvalue weighted by Gasteiger charge is -2.21. The van der Waals surface area contributed by atoms with Crippen LogP contribution in [0.3, 0.4) is 0 Å². The molecule has 0 saturated carbocycles. The Kier molecular flexibility index (Phi) is 4.27. The van der Waals surface area contributed by atoms with Crippen LogP contribution in [0.4, 0.5) is 10.5 Å². The van der Waals surface area contributed by atoms with Gasteiger partial charge in [0.2, 0.25) is 0 Å². The number of aliphatic hydroxyl groups is 1. The minimum absolute atomic E-state index is 0.0323. The third kappa shape index (κ3) is 3.41. The second kappa shape index (κ2) is 6.37. The Morgan fingerprint density at radius 2 is 1.88 bits per heavy atom. The second-order valence-corrected chi connectivity index (χ2v) is 6.04. The van der Waals surface area contributed by atoms with E-state index < -0.39 is 5.60 Å². The first kappa shape index (κ1) is 16.1. The van der Waals surface area contributed by atoms with Crippen LogP contribution in [-0.4, -0.2) is 17.7 Å². The molecule has 124 valence electrons. The fourth-order valence-corrected chi connectivity index (χ4v) is 2.47. The molecule has 0 fully saturated rings. The van der Waals surface area contributed by atoms with E-state index >= 15 is 0 Å². The van der Waals surface area contributed by atoms with Gasteiger partial charge in [-0.25, -0.2) is 4.79 Å². The third-order valence-electron chi connectivity index (χ3n) is 3.94. The van der Waals surface area contributed by atoms with Gasteiger partial charge in [0.15, 0.2) is 0 Å². The van der Waals surface area contributed by atoms with Gasteiger partial charge in [-0.2, -0.15) is 0 Å². The summed E-state index contributed by atoms with van der Waals surface area (Å²) in [4.78, 5) is 12.1. The molecule has 1 heterocycles. The molecule has 3 aromatic rings. The fraction of sp³-hybridized carbons (Fsp3) is 0.211. The van der Waals surface area contributed by atoms with E-state index in [1.807, 2.05) is 55.5 Å². The maximum absolute atomic E-state index is 12.1. The van der Waals surface area contributed by atoms with Crippen LogP contribution >= 0.6 is 0 Å². The number of rotatable bonds is 4. The van der Waals surface area contributed by atoms with E-state index in [1.54, 1.807) is 13.0 Å². The lowest BCUT2D eigenvalue weighted by atomic mass is 10.0. The Labute approximate surface area is 140 Å². The van der Waals surface area contributed by atoms with E-state index in [9.17, 15) is 9.90 Å². The van der Waals surface area contributed by atoms with E-state index in [2.05, 4.69) is 10.6 Å². The van der Waals surface area contributed by atoms with Crippen LogP contribution in [0.25, 0.3) is 11.0 Å². The van der Waals surface area contributed by atoms with Crippen molar-refractivity contribution >= 4 is 22.7 Å². The lowest BCUT2D eigenvalue weighted by molar-refractivity contribution is 0.0388. The molecule has 0 spiro atoms. The van der Waals surface area contributed by atoms with Crippen molar-refractivity contribution in [1.29, 1.82) is 0 Å². The number of urea groups is 1. The maximum atomic E-state index is 12.1. The van der Waals surface area contributed by atoms with Crippen LogP contribution in [0, 0.1) is 6.92 Å². The number of aryl methyl sites for hydroxylation is 1. The van der Waals surface area contributed by atoms with Gasteiger partial charge in [0.25, 0.3) is 0 Å². The van der Waals surface area contributed by atoms with Gasteiger partial charge in [-0.05, 0) is 37.6 Å². The molecule has 5 heteroatoms. The largest absolute Gasteiger partial charge is 0.458 e. The highest BCUT2D eigenvalue weighted by atomic mass is 16.4. The summed E-state index contributed by atoms with van der Waals surface area (Å²) in [5, 5.41) is 17.0. The number of hydrogen-bond donors (Lipinski definition) is 3. The molecule has 2 amide bonds. The van der Waals surface area contributed by atoms with Crippen LogP contribution in [-0.2, 0) is 5.60 Å². The predicted octanol–water partition coefficient (Wildman–Crippen LogP) is 3.77. The zero-order valence-electron chi connectivity index (χ0n) is 13.7. The molecule has 3 rings (SSSR count). The fourth-order valence-electron chi connectivity index (χ4n) is 2.47. The standard InChI is InChI=1S/C19H20N2O3/c1-13-7-3-5-9-15(13)21-18(22)20-12-19(2,23)17-11-14-8-4-6-10-16(14)24-17/h3-11,23H,12H2,1-2H3,(H2,20,21,22)/t19-/m1/s1. The summed E-state index contributed by atoms with van der Waals surface area (Å²) >= 11 is 0. The molecule has 1 atom stereocenters. The summed E-state index contributed by atoms with van der Waals surface area (Å²) in [5.41, 5.74) is 1.11. The van der Waals surface area contributed by atoms with Crippen molar-refractivity contribution in [2.75, 3.05) is 11.9 Å². The summed E-state index contributed by atoms with van der Waals surface area (Å²) in [7, 11) is 0. The van der Waals surface area contributed by atoms with E-state index in [-0.39, 0.29) is 12.6 Å². The molecule has 5 nitrogen and oxygen atoms in total. The quantitative estimate of drug-likeness (QED) is 0.684. The zero-order valence-corrected chi connectivity index (χ0v) is 13.7. The van der Waals surface area contributed by atoms with Gasteiger partial charge >= 0.3 is 6.03 Å². The molecular weight excluding hydrogens is 304 g/mol. The number of carbonyl (C=O) groups is 1. The summed E-state index contributed by atoms with van der Waals surface area (Å²) in [5.74, 6) is 0.417. The minimum atomic E-state index is -1.30.